The molecular formula is C29H27ClF3N5O3. The highest BCUT2D eigenvalue weighted by Gasteiger charge is 2.42. The number of nitrogens with two attached hydrogens (primary N) is 1. The lowest BCUT2D eigenvalue weighted by atomic mass is 10.1. The number of benzene rings is 3. The maximum atomic E-state index is 11.7. The van der Waals surface area contributed by atoms with Crippen LogP contribution in [0.4, 0.5) is 13.2 Å². The lowest BCUT2D eigenvalue weighted by molar-refractivity contribution is -0.192. The van der Waals surface area contributed by atoms with Crippen molar-refractivity contribution in [2.45, 2.75) is 37.8 Å². The number of carboxylic acids is 1. The molecule has 2 saturated heterocycles. The first-order chi connectivity index (χ1) is 19.5. The molecule has 1 aromatic heterocycles. The number of alkyl halides is 3. The number of likely N-dealkylation sites (tertiary alicyclic amines) is 2. The molecule has 0 radical (unpaired) electrons. The molecular weight excluding hydrogens is 559 g/mol. The average Bonchev–Trinajstić information content (AvgIpc) is 3.63. The second kappa shape index (κ2) is 11.5. The van der Waals surface area contributed by atoms with Crippen molar-refractivity contribution in [3.05, 3.63) is 94.6 Å². The summed E-state index contributed by atoms with van der Waals surface area (Å²) in [6.45, 7) is 4.14. The molecule has 2 aliphatic heterocycles. The average molecular weight is 586 g/mol. The van der Waals surface area contributed by atoms with Crippen molar-refractivity contribution in [1.82, 2.24) is 19.6 Å². The van der Waals surface area contributed by atoms with Crippen molar-refractivity contribution in [2.24, 2.45) is 5.73 Å². The van der Waals surface area contributed by atoms with E-state index in [1.807, 2.05) is 35.1 Å². The normalized spacial score (nSPS) is 18.8. The third-order valence-corrected chi connectivity index (χ3v) is 7.61. The lowest BCUT2D eigenvalue weighted by Gasteiger charge is -2.34. The van der Waals surface area contributed by atoms with Crippen LogP contribution >= 0.6 is 11.6 Å². The molecule has 3 aromatic carbocycles. The summed E-state index contributed by atoms with van der Waals surface area (Å²) in [6.07, 6.45) is -1.91. The number of carboxylic acid groups (broad SMARTS) is 1. The zero-order chi connectivity index (χ0) is 29.3. The number of hydrogen-bond acceptors (Lipinski definition) is 5. The van der Waals surface area contributed by atoms with Crippen LogP contribution in [-0.4, -0.2) is 67.9 Å². The van der Waals surface area contributed by atoms with Crippen molar-refractivity contribution in [3.8, 4) is 5.69 Å². The van der Waals surface area contributed by atoms with Crippen molar-refractivity contribution < 1.29 is 27.9 Å². The molecule has 0 spiro atoms. The van der Waals surface area contributed by atoms with Gasteiger partial charge in [-0.1, -0.05) is 48.0 Å². The van der Waals surface area contributed by atoms with Crippen LogP contribution in [0, 0.1) is 0 Å². The van der Waals surface area contributed by atoms with Crippen LogP contribution < -0.4 is 5.73 Å². The van der Waals surface area contributed by atoms with Crippen molar-refractivity contribution in [1.29, 1.82) is 0 Å². The van der Waals surface area contributed by atoms with E-state index in [0.29, 0.717) is 23.2 Å². The first kappa shape index (κ1) is 28.6. The fourth-order valence-corrected chi connectivity index (χ4v) is 5.67. The Kier molecular flexibility index (Phi) is 8.03. The van der Waals surface area contributed by atoms with Gasteiger partial charge in [0.25, 0.3) is 5.91 Å². The van der Waals surface area contributed by atoms with E-state index in [1.165, 1.54) is 17.5 Å². The second-order valence-corrected chi connectivity index (χ2v) is 10.6. The molecule has 3 N–H and O–H groups in total. The number of fused-ring (bicyclic) bond motifs is 3. The number of primary amides is 1. The van der Waals surface area contributed by atoms with Gasteiger partial charge in [-0.05, 0) is 47.9 Å². The van der Waals surface area contributed by atoms with Gasteiger partial charge in [-0.15, -0.1) is 0 Å². The summed E-state index contributed by atoms with van der Waals surface area (Å²) in [6, 6.07) is 23.4. The molecule has 0 unspecified atom stereocenters. The van der Waals surface area contributed by atoms with Crippen LogP contribution in [-0.2, 0) is 17.9 Å². The van der Waals surface area contributed by atoms with E-state index in [1.54, 1.807) is 6.07 Å². The van der Waals surface area contributed by atoms with Crippen molar-refractivity contribution in [3.63, 3.8) is 0 Å². The largest absolute Gasteiger partial charge is 0.490 e. The van der Waals surface area contributed by atoms with Gasteiger partial charge in [-0.3, -0.25) is 14.6 Å². The van der Waals surface area contributed by atoms with Gasteiger partial charge in [0.1, 0.15) is 5.52 Å². The number of piperazine rings is 1. The number of carbonyl (C=O) groups is 2. The predicted molar refractivity (Wildman–Crippen MR) is 148 cm³/mol. The van der Waals surface area contributed by atoms with Crippen LogP contribution in [0.2, 0.25) is 5.02 Å². The number of halogens is 4. The summed E-state index contributed by atoms with van der Waals surface area (Å²) in [7, 11) is 0. The third kappa shape index (κ3) is 6.53. The van der Waals surface area contributed by atoms with E-state index in [-0.39, 0.29) is 0 Å². The number of aliphatic carboxylic acids is 1. The zero-order valence-electron chi connectivity index (χ0n) is 21.8. The molecule has 1 amide bonds. The molecule has 2 fully saturated rings. The van der Waals surface area contributed by atoms with Gasteiger partial charge >= 0.3 is 12.1 Å². The molecule has 12 heteroatoms. The van der Waals surface area contributed by atoms with E-state index >= 15 is 0 Å². The standard InChI is InChI=1S/C27H26ClN5O.C2HF3O2/c28-21-5-1-3-19(11-21)14-32-17-23-12-24(32)16-31(23)13-18-7-9-22(10-8-18)33-15-20-4-2-6-25(27(29)34)26(20)30-33;3-2(4,5)1(6)7/h1-11,15,23-24H,12-14,16-17H2,(H2,29,34);(H,6,7)/t23-,24-;/m0./s1. The molecule has 6 rings (SSSR count). The van der Waals surface area contributed by atoms with Gasteiger partial charge in [-0.2, -0.15) is 18.3 Å². The number of carbonyl (C=O) groups excluding carboxylic acids is 1. The van der Waals surface area contributed by atoms with Crippen LogP contribution in [0.15, 0.2) is 72.9 Å². The molecule has 214 valence electrons. The second-order valence-electron chi connectivity index (χ2n) is 10.2. The van der Waals surface area contributed by atoms with Crippen LogP contribution in [0.1, 0.15) is 27.9 Å². The number of nitrogens with zero attached hydrogens (tertiary/aromatic N) is 4. The summed E-state index contributed by atoms with van der Waals surface area (Å²) >= 11 is 6.16. The van der Waals surface area contributed by atoms with E-state index < -0.39 is 18.1 Å². The highest BCUT2D eigenvalue weighted by Crippen LogP contribution is 2.33. The highest BCUT2D eigenvalue weighted by atomic mass is 35.5. The maximum absolute atomic E-state index is 11.7. The SMILES string of the molecule is NC(=O)c1cccc2cn(-c3ccc(CN4C[C@@H]5C[C@H]4CN5Cc4cccc(Cl)c4)cc3)nc12.O=C(O)C(F)(F)F. The molecule has 0 aliphatic carbocycles. The smallest absolute Gasteiger partial charge is 0.475 e. The van der Waals surface area contributed by atoms with Gasteiger partial charge in [0, 0.05) is 54.9 Å². The van der Waals surface area contributed by atoms with Crippen LogP contribution in [0.3, 0.4) is 0 Å². The summed E-state index contributed by atoms with van der Waals surface area (Å²) in [5.74, 6) is -3.22. The Morgan fingerprint density at radius 1 is 0.951 bits per heavy atom. The van der Waals surface area contributed by atoms with E-state index in [4.69, 9.17) is 27.2 Å². The van der Waals surface area contributed by atoms with Gasteiger partial charge in [0.05, 0.1) is 11.3 Å². The Hall–Kier alpha value is -3.93. The van der Waals surface area contributed by atoms with Crippen LogP contribution in [0.25, 0.3) is 16.6 Å². The molecule has 8 nitrogen and oxygen atoms in total. The molecule has 4 aromatic rings. The quantitative estimate of drug-likeness (QED) is 0.335. The summed E-state index contributed by atoms with van der Waals surface area (Å²) < 4.78 is 33.5. The Morgan fingerprint density at radius 2 is 1.56 bits per heavy atom. The molecule has 0 saturated carbocycles. The van der Waals surface area contributed by atoms with Gasteiger partial charge in [0.2, 0.25) is 0 Å². The number of amides is 1. The predicted octanol–water partition coefficient (Wildman–Crippen LogP) is 4.87. The van der Waals surface area contributed by atoms with Crippen molar-refractivity contribution >= 4 is 34.4 Å². The monoisotopic (exact) mass is 585 g/mol. The maximum Gasteiger partial charge on any atom is 0.490 e. The highest BCUT2D eigenvalue weighted by molar-refractivity contribution is 6.30. The molecule has 2 bridgehead atoms. The van der Waals surface area contributed by atoms with Gasteiger partial charge < -0.3 is 10.8 Å². The number of rotatable bonds is 6. The minimum Gasteiger partial charge on any atom is -0.475 e. The minimum atomic E-state index is -5.08. The van der Waals surface area contributed by atoms with E-state index in [9.17, 15) is 18.0 Å². The van der Waals surface area contributed by atoms with E-state index in [2.05, 4.69) is 51.3 Å². The molecule has 2 atom stereocenters. The topological polar surface area (TPSA) is 105 Å². The fraction of sp³-hybridized carbons (Fsp3) is 0.276. The van der Waals surface area contributed by atoms with E-state index in [0.717, 1.165) is 42.3 Å². The third-order valence-electron chi connectivity index (χ3n) is 7.37. The summed E-state index contributed by atoms with van der Waals surface area (Å²) in [5, 5.41) is 13.4. The summed E-state index contributed by atoms with van der Waals surface area (Å²) in [4.78, 5) is 25.8. The Labute approximate surface area is 238 Å². The van der Waals surface area contributed by atoms with Gasteiger partial charge in [-0.25, -0.2) is 9.48 Å². The number of aromatic nitrogens is 2. The van der Waals surface area contributed by atoms with Gasteiger partial charge in [0.15, 0.2) is 0 Å². The Balaban J connectivity index is 0.000000431. The Bertz CT molecular complexity index is 1570. The molecule has 2 aliphatic rings. The van der Waals surface area contributed by atoms with Crippen LogP contribution in [0.5, 0.6) is 0 Å². The lowest BCUT2D eigenvalue weighted by Crippen LogP contribution is -2.45. The van der Waals surface area contributed by atoms with Crippen molar-refractivity contribution in [2.75, 3.05) is 13.1 Å². The Morgan fingerprint density at radius 3 is 2.12 bits per heavy atom. The first-order valence-corrected chi connectivity index (χ1v) is 13.3. The zero-order valence-corrected chi connectivity index (χ0v) is 22.5. The first-order valence-electron chi connectivity index (χ1n) is 12.9. The number of hydrogen-bond donors (Lipinski definition) is 2. The molecule has 41 heavy (non-hydrogen) atoms. The fourth-order valence-electron chi connectivity index (χ4n) is 5.45. The molecule has 3 heterocycles. The summed E-state index contributed by atoms with van der Waals surface area (Å²) in [5.41, 5.74) is 10.1. The minimum absolute atomic E-state index is 0.446.